The van der Waals surface area contributed by atoms with E-state index in [1.807, 2.05) is 36.5 Å². The Labute approximate surface area is 143 Å². The highest BCUT2D eigenvalue weighted by Gasteiger charge is 2.25. The molecule has 0 radical (unpaired) electrons. The van der Waals surface area contributed by atoms with Crippen molar-refractivity contribution in [2.24, 2.45) is 0 Å². The van der Waals surface area contributed by atoms with Gasteiger partial charge < -0.3 is 19.7 Å². The van der Waals surface area contributed by atoms with E-state index in [1.165, 1.54) is 0 Å². The molecule has 1 aliphatic heterocycles. The number of benzene rings is 1. The fraction of sp³-hybridized carbons (Fsp3) is 0.421. The Morgan fingerprint density at radius 1 is 1.21 bits per heavy atom. The van der Waals surface area contributed by atoms with Crippen molar-refractivity contribution in [1.29, 1.82) is 0 Å². The lowest BCUT2D eigenvalue weighted by Gasteiger charge is -2.23. The summed E-state index contributed by atoms with van der Waals surface area (Å²) in [4.78, 5) is 6.77. The molecule has 2 atom stereocenters. The van der Waals surface area contributed by atoms with Crippen molar-refractivity contribution < 1.29 is 9.47 Å². The molecule has 2 heterocycles. The molecule has 0 unspecified atom stereocenters. The van der Waals surface area contributed by atoms with Gasteiger partial charge in [0, 0.05) is 36.9 Å². The summed E-state index contributed by atoms with van der Waals surface area (Å²) in [5.74, 6) is 2.78. The summed E-state index contributed by atoms with van der Waals surface area (Å²) in [5.41, 5.74) is 1.12. The highest BCUT2D eigenvalue weighted by Crippen LogP contribution is 2.30. The maximum atomic E-state index is 5.50. The van der Waals surface area contributed by atoms with Crippen molar-refractivity contribution in [3.63, 3.8) is 0 Å². The van der Waals surface area contributed by atoms with Gasteiger partial charge in [0.15, 0.2) is 0 Å². The number of ether oxygens (including phenoxy) is 2. The van der Waals surface area contributed by atoms with Gasteiger partial charge in [0.1, 0.15) is 17.3 Å². The highest BCUT2D eigenvalue weighted by molar-refractivity contribution is 5.43. The van der Waals surface area contributed by atoms with Crippen molar-refractivity contribution in [2.75, 3.05) is 32.2 Å². The zero-order valence-corrected chi connectivity index (χ0v) is 14.5. The molecular formula is C19H25N3O2. The van der Waals surface area contributed by atoms with Gasteiger partial charge in [-0.15, -0.1) is 0 Å². The van der Waals surface area contributed by atoms with Crippen LogP contribution in [0.2, 0.25) is 0 Å². The van der Waals surface area contributed by atoms with Gasteiger partial charge >= 0.3 is 0 Å². The predicted molar refractivity (Wildman–Crippen MR) is 96.0 cm³/mol. The maximum absolute atomic E-state index is 5.50. The summed E-state index contributed by atoms with van der Waals surface area (Å²) in [6, 6.07) is 12.6. The lowest BCUT2D eigenvalue weighted by Crippen LogP contribution is -2.34. The van der Waals surface area contributed by atoms with Crippen molar-refractivity contribution in [3.8, 4) is 11.5 Å². The number of anilines is 1. The van der Waals surface area contributed by atoms with Crippen molar-refractivity contribution in [3.05, 3.63) is 48.2 Å². The van der Waals surface area contributed by atoms with Crippen LogP contribution < -0.4 is 19.7 Å². The van der Waals surface area contributed by atoms with Crippen LogP contribution in [0.1, 0.15) is 24.9 Å². The van der Waals surface area contributed by atoms with E-state index in [1.54, 1.807) is 14.2 Å². The number of methoxy groups -OCH3 is 2. The Morgan fingerprint density at radius 3 is 2.79 bits per heavy atom. The zero-order valence-electron chi connectivity index (χ0n) is 14.5. The fourth-order valence-corrected chi connectivity index (χ4v) is 3.27. The molecule has 1 N–H and O–H groups in total. The summed E-state index contributed by atoms with van der Waals surface area (Å²) >= 11 is 0. The molecule has 1 aromatic heterocycles. The third kappa shape index (κ3) is 3.62. The number of hydrogen-bond donors (Lipinski definition) is 1. The average Bonchev–Trinajstić information content (AvgIpc) is 3.10. The third-order valence-electron chi connectivity index (χ3n) is 4.55. The van der Waals surface area contributed by atoms with Gasteiger partial charge in [0.2, 0.25) is 0 Å². The first-order chi connectivity index (χ1) is 11.7. The van der Waals surface area contributed by atoms with Crippen LogP contribution in [0, 0.1) is 0 Å². The molecule has 1 fully saturated rings. The summed E-state index contributed by atoms with van der Waals surface area (Å²) in [5, 5.41) is 3.72. The van der Waals surface area contributed by atoms with E-state index in [-0.39, 0.29) is 6.04 Å². The van der Waals surface area contributed by atoms with Gasteiger partial charge in [-0.3, -0.25) is 0 Å². The molecule has 1 aromatic carbocycles. The number of hydrogen-bond acceptors (Lipinski definition) is 5. The molecule has 0 bridgehead atoms. The first kappa shape index (κ1) is 16.6. The van der Waals surface area contributed by atoms with E-state index in [4.69, 9.17) is 9.47 Å². The normalized spacial score (nSPS) is 18.5. The maximum Gasteiger partial charge on any atom is 0.128 e. The SMILES string of the molecule is COc1ccc(OC)c([C@@H](C)N[C@H]2CCN(c3ccccn3)C2)c1. The summed E-state index contributed by atoms with van der Waals surface area (Å²) in [6.07, 6.45) is 2.95. The van der Waals surface area contributed by atoms with Gasteiger partial charge in [0.05, 0.1) is 14.2 Å². The Balaban J connectivity index is 1.66. The number of aromatic nitrogens is 1. The number of pyridine rings is 1. The van der Waals surface area contributed by atoms with Crippen LogP contribution in [0.25, 0.3) is 0 Å². The minimum absolute atomic E-state index is 0.184. The van der Waals surface area contributed by atoms with Crippen LogP contribution in [-0.2, 0) is 0 Å². The average molecular weight is 327 g/mol. The fourth-order valence-electron chi connectivity index (χ4n) is 3.27. The summed E-state index contributed by atoms with van der Waals surface area (Å²) in [7, 11) is 3.39. The quantitative estimate of drug-likeness (QED) is 0.884. The molecule has 3 rings (SSSR count). The van der Waals surface area contributed by atoms with Crippen molar-refractivity contribution in [2.45, 2.75) is 25.4 Å². The molecular weight excluding hydrogens is 302 g/mol. The van der Waals surface area contributed by atoms with Crippen LogP contribution in [0.3, 0.4) is 0 Å². The topological polar surface area (TPSA) is 46.6 Å². The minimum atomic E-state index is 0.184. The van der Waals surface area contributed by atoms with Crippen LogP contribution in [0.5, 0.6) is 11.5 Å². The van der Waals surface area contributed by atoms with Crippen LogP contribution in [0.4, 0.5) is 5.82 Å². The lowest BCUT2D eigenvalue weighted by molar-refractivity contribution is 0.386. The van der Waals surface area contributed by atoms with E-state index >= 15 is 0 Å². The first-order valence-electron chi connectivity index (χ1n) is 8.35. The van der Waals surface area contributed by atoms with Gasteiger partial charge in [-0.25, -0.2) is 4.98 Å². The Hall–Kier alpha value is -2.27. The minimum Gasteiger partial charge on any atom is -0.497 e. The van der Waals surface area contributed by atoms with Crippen LogP contribution >= 0.6 is 0 Å². The molecule has 1 saturated heterocycles. The molecule has 0 amide bonds. The molecule has 0 saturated carbocycles. The third-order valence-corrected chi connectivity index (χ3v) is 4.55. The molecule has 0 aliphatic carbocycles. The van der Waals surface area contributed by atoms with Gasteiger partial charge in [-0.2, -0.15) is 0 Å². The number of nitrogens with zero attached hydrogens (tertiary/aromatic N) is 2. The van der Waals surface area contributed by atoms with Gasteiger partial charge in [0.25, 0.3) is 0 Å². The van der Waals surface area contributed by atoms with Crippen molar-refractivity contribution in [1.82, 2.24) is 10.3 Å². The number of rotatable bonds is 6. The van der Waals surface area contributed by atoms with E-state index < -0.39 is 0 Å². The molecule has 24 heavy (non-hydrogen) atoms. The van der Waals surface area contributed by atoms with Crippen molar-refractivity contribution >= 4 is 5.82 Å². The molecule has 1 aliphatic rings. The van der Waals surface area contributed by atoms with Crippen LogP contribution in [0.15, 0.2) is 42.6 Å². The standard InChI is InChI=1S/C19H25N3O2/c1-14(17-12-16(23-2)7-8-18(17)24-3)21-15-9-11-22(13-15)19-6-4-5-10-20-19/h4-8,10,12,14-15,21H,9,11,13H2,1-3H3/t14-,15+/m1/s1. The lowest BCUT2D eigenvalue weighted by atomic mass is 10.1. The Kier molecular flexibility index (Phi) is 5.20. The molecule has 2 aromatic rings. The Bertz CT molecular complexity index is 663. The summed E-state index contributed by atoms with van der Waals surface area (Å²) < 4.78 is 10.9. The molecule has 0 spiro atoms. The van der Waals surface area contributed by atoms with E-state index in [2.05, 4.69) is 28.2 Å². The Morgan fingerprint density at radius 2 is 2.08 bits per heavy atom. The summed E-state index contributed by atoms with van der Waals surface area (Å²) in [6.45, 7) is 4.16. The van der Waals surface area contributed by atoms with E-state index in [0.29, 0.717) is 6.04 Å². The van der Waals surface area contributed by atoms with E-state index in [9.17, 15) is 0 Å². The predicted octanol–water partition coefficient (Wildman–Crippen LogP) is 3.03. The second kappa shape index (κ2) is 7.53. The monoisotopic (exact) mass is 327 g/mol. The van der Waals surface area contributed by atoms with E-state index in [0.717, 1.165) is 42.4 Å². The zero-order chi connectivity index (χ0) is 16.9. The first-order valence-corrected chi connectivity index (χ1v) is 8.35. The smallest absolute Gasteiger partial charge is 0.128 e. The largest absolute Gasteiger partial charge is 0.497 e. The number of nitrogens with one attached hydrogen (secondary N) is 1. The second-order valence-electron chi connectivity index (χ2n) is 6.12. The van der Waals surface area contributed by atoms with Gasteiger partial charge in [-0.05, 0) is 43.7 Å². The molecule has 5 nitrogen and oxygen atoms in total. The van der Waals surface area contributed by atoms with Crippen LogP contribution in [-0.4, -0.2) is 38.3 Å². The van der Waals surface area contributed by atoms with Gasteiger partial charge in [-0.1, -0.05) is 6.07 Å². The second-order valence-corrected chi connectivity index (χ2v) is 6.12. The highest BCUT2D eigenvalue weighted by atomic mass is 16.5. The molecule has 128 valence electrons. The molecule has 5 heteroatoms.